The first-order chi connectivity index (χ1) is 9.69. The number of methoxy groups -OCH3 is 2. The molecule has 1 atom stereocenters. The molecular formula is C15H21NO4. The third kappa shape index (κ3) is 2.98. The van der Waals surface area contributed by atoms with Gasteiger partial charge in [0.15, 0.2) is 0 Å². The molecule has 20 heavy (non-hydrogen) atoms. The number of hydrogen-bond donors (Lipinski definition) is 0. The summed E-state index contributed by atoms with van der Waals surface area (Å²) in [7, 11) is 3.26. The highest BCUT2D eigenvalue weighted by molar-refractivity contribution is 5.75. The Labute approximate surface area is 119 Å². The molecule has 0 N–H and O–H groups in total. The summed E-state index contributed by atoms with van der Waals surface area (Å²) in [6, 6.07) is 5.72. The minimum absolute atomic E-state index is 0.0539. The maximum absolute atomic E-state index is 11.8. The predicted octanol–water partition coefficient (Wildman–Crippen LogP) is 2.09. The molecule has 0 bridgehead atoms. The lowest BCUT2D eigenvalue weighted by Crippen LogP contribution is -2.24. The molecule has 0 amide bonds. The Balaban J connectivity index is 2.11. The van der Waals surface area contributed by atoms with Gasteiger partial charge in [-0.05, 0) is 25.5 Å². The van der Waals surface area contributed by atoms with Crippen molar-refractivity contribution in [3.05, 3.63) is 18.2 Å². The fourth-order valence-electron chi connectivity index (χ4n) is 2.48. The normalized spacial score (nSPS) is 17.9. The van der Waals surface area contributed by atoms with Crippen LogP contribution in [0.1, 0.15) is 13.3 Å². The van der Waals surface area contributed by atoms with Gasteiger partial charge in [-0.1, -0.05) is 0 Å². The van der Waals surface area contributed by atoms with E-state index in [1.54, 1.807) is 14.2 Å². The SMILES string of the molecule is CCOC(=O)C1CCN(c2ccc(OC)cc2OC)C1. The van der Waals surface area contributed by atoms with Gasteiger partial charge >= 0.3 is 5.97 Å². The lowest BCUT2D eigenvalue weighted by atomic mass is 10.1. The first-order valence-electron chi connectivity index (χ1n) is 6.83. The van der Waals surface area contributed by atoms with Gasteiger partial charge in [-0.2, -0.15) is 0 Å². The molecule has 2 rings (SSSR count). The van der Waals surface area contributed by atoms with Crippen molar-refractivity contribution < 1.29 is 19.0 Å². The summed E-state index contributed by atoms with van der Waals surface area (Å²) < 4.78 is 15.7. The van der Waals surface area contributed by atoms with E-state index in [-0.39, 0.29) is 11.9 Å². The van der Waals surface area contributed by atoms with Crippen molar-refractivity contribution in [1.29, 1.82) is 0 Å². The van der Waals surface area contributed by atoms with Gasteiger partial charge in [-0.25, -0.2) is 0 Å². The Bertz CT molecular complexity index is 475. The summed E-state index contributed by atoms with van der Waals surface area (Å²) in [5.41, 5.74) is 0.986. The Morgan fingerprint density at radius 1 is 1.35 bits per heavy atom. The van der Waals surface area contributed by atoms with Crippen LogP contribution in [0.15, 0.2) is 18.2 Å². The van der Waals surface area contributed by atoms with E-state index >= 15 is 0 Å². The van der Waals surface area contributed by atoms with Crippen molar-refractivity contribution >= 4 is 11.7 Å². The quantitative estimate of drug-likeness (QED) is 0.772. The molecule has 0 aliphatic carbocycles. The van der Waals surface area contributed by atoms with Gasteiger partial charge in [0.05, 0.1) is 32.4 Å². The van der Waals surface area contributed by atoms with E-state index in [0.29, 0.717) is 13.2 Å². The number of hydrogen-bond acceptors (Lipinski definition) is 5. The van der Waals surface area contributed by atoms with Gasteiger partial charge in [0.25, 0.3) is 0 Å². The van der Waals surface area contributed by atoms with Crippen molar-refractivity contribution in [3.8, 4) is 11.5 Å². The van der Waals surface area contributed by atoms with Gasteiger partial charge in [0.2, 0.25) is 0 Å². The number of benzene rings is 1. The number of rotatable bonds is 5. The van der Waals surface area contributed by atoms with Crippen LogP contribution in [-0.4, -0.2) is 39.9 Å². The maximum Gasteiger partial charge on any atom is 0.310 e. The van der Waals surface area contributed by atoms with E-state index in [1.807, 2.05) is 25.1 Å². The minimum Gasteiger partial charge on any atom is -0.497 e. The molecule has 1 fully saturated rings. The Hall–Kier alpha value is -1.91. The summed E-state index contributed by atoms with van der Waals surface area (Å²) in [6.07, 6.45) is 0.814. The van der Waals surface area contributed by atoms with E-state index in [0.717, 1.165) is 30.2 Å². The topological polar surface area (TPSA) is 48.0 Å². The second-order valence-corrected chi connectivity index (χ2v) is 4.72. The first kappa shape index (κ1) is 14.5. The van der Waals surface area contributed by atoms with E-state index < -0.39 is 0 Å². The molecule has 0 aromatic heterocycles. The number of nitrogens with zero attached hydrogens (tertiary/aromatic N) is 1. The van der Waals surface area contributed by atoms with Crippen molar-refractivity contribution in [2.24, 2.45) is 5.92 Å². The lowest BCUT2D eigenvalue weighted by molar-refractivity contribution is -0.147. The van der Waals surface area contributed by atoms with Gasteiger partial charge in [-0.3, -0.25) is 4.79 Å². The van der Waals surface area contributed by atoms with E-state index in [1.165, 1.54) is 0 Å². The second kappa shape index (κ2) is 6.50. The first-order valence-corrected chi connectivity index (χ1v) is 6.83. The molecule has 110 valence electrons. The molecule has 1 unspecified atom stereocenters. The number of ether oxygens (including phenoxy) is 3. The minimum atomic E-state index is -0.109. The molecule has 0 radical (unpaired) electrons. The zero-order chi connectivity index (χ0) is 14.5. The lowest BCUT2D eigenvalue weighted by Gasteiger charge is -2.21. The van der Waals surface area contributed by atoms with E-state index in [2.05, 4.69) is 4.90 Å². The monoisotopic (exact) mass is 279 g/mol. The molecule has 0 spiro atoms. The van der Waals surface area contributed by atoms with Crippen molar-refractivity contribution in [1.82, 2.24) is 0 Å². The molecule has 1 aliphatic heterocycles. The molecule has 1 aromatic rings. The fourth-order valence-corrected chi connectivity index (χ4v) is 2.48. The zero-order valence-electron chi connectivity index (χ0n) is 12.2. The molecule has 5 heteroatoms. The van der Waals surface area contributed by atoms with Crippen LogP contribution < -0.4 is 14.4 Å². The maximum atomic E-state index is 11.8. The average Bonchev–Trinajstić information content (AvgIpc) is 2.96. The third-order valence-electron chi connectivity index (χ3n) is 3.54. The third-order valence-corrected chi connectivity index (χ3v) is 3.54. The van der Waals surface area contributed by atoms with Crippen LogP contribution in [0.5, 0.6) is 11.5 Å². The van der Waals surface area contributed by atoms with Crippen molar-refractivity contribution in [2.75, 3.05) is 38.8 Å². The fraction of sp³-hybridized carbons (Fsp3) is 0.533. The number of esters is 1. The summed E-state index contributed by atoms with van der Waals surface area (Å²) in [4.78, 5) is 13.9. The van der Waals surface area contributed by atoms with Gasteiger partial charge in [-0.15, -0.1) is 0 Å². The molecule has 1 aliphatic rings. The van der Waals surface area contributed by atoms with Gasteiger partial charge in [0, 0.05) is 19.2 Å². The standard InChI is InChI=1S/C15H21NO4/c1-4-20-15(17)11-7-8-16(10-11)13-6-5-12(18-2)9-14(13)19-3/h5-6,9,11H,4,7-8,10H2,1-3H3. The van der Waals surface area contributed by atoms with Crippen LogP contribution in [0.3, 0.4) is 0 Å². The molecular weight excluding hydrogens is 258 g/mol. The van der Waals surface area contributed by atoms with Crippen LogP contribution >= 0.6 is 0 Å². The number of carbonyl (C=O) groups excluding carboxylic acids is 1. The zero-order valence-corrected chi connectivity index (χ0v) is 12.2. The smallest absolute Gasteiger partial charge is 0.310 e. The molecule has 0 saturated carbocycles. The number of carbonyl (C=O) groups is 1. The highest BCUT2D eigenvalue weighted by Gasteiger charge is 2.30. The highest BCUT2D eigenvalue weighted by Crippen LogP contribution is 2.35. The molecule has 1 heterocycles. The molecule has 5 nitrogen and oxygen atoms in total. The Kier molecular flexibility index (Phi) is 4.71. The highest BCUT2D eigenvalue weighted by atomic mass is 16.5. The molecule has 1 aromatic carbocycles. The Morgan fingerprint density at radius 3 is 2.80 bits per heavy atom. The van der Waals surface area contributed by atoms with Gasteiger partial charge in [0.1, 0.15) is 11.5 Å². The molecule has 1 saturated heterocycles. The summed E-state index contributed by atoms with van der Waals surface area (Å²) in [5.74, 6) is 1.35. The Morgan fingerprint density at radius 2 is 2.15 bits per heavy atom. The van der Waals surface area contributed by atoms with Crippen molar-refractivity contribution in [3.63, 3.8) is 0 Å². The van der Waals surface area contributed by atoms with Crippen LogP contribution in [-0.2, 0) is 9.53 Å². The van der Waals surface area contributed by atoms with Crippen LogP contribution in [0.2, 0.25) is 0 Å². The summed E-state index contributed by atoms with van der Waals surface area (Å²) in [5, 5.41) is 0. The summed E-state index contributed by atoms with van der Waals surface area (Å²) >= 11 is 0. The van der Waals surface area contributed by atoms with Crippen molar-refractivity contribution in [2.45, 2.75) is 13.3 Å². The van der Waals surface area contributed by atoms with Crippen LogP contribution in [0.4, 0.5) is 5.69 Å². The summed E-state index contributed by atoms with van der Waals surface area (Å²) in [6.45, 7) is 3.76. The second-order valence-electron chi connectivity index (χ2n) is 4.72. The van der Waals surface area contributed by atoms with Crippen LogP contribution in [0.25, 0.3) is 0 Å². The van der Waals surface area contributed by atoms with Crippen LogP contribution in [0, 0.1) is 5.92 Å². The van der Waals surface area contributed by atoms with E-state index in [4.69, 9.17) is 14.2 Å². The predicted molar refractivity (Wildman–Crippen MR) is 76.5 cm³/mol. The van der Waals surface area contributed by atoms with E-state index in [9.17, 15) is 4.79 Å². The van der Waals surface area contributed by atoms with Gasteiger partial charge < -0.3 is 19.1 Å². The largest absolute Gasteiger partial charge is 0.497 e. The number of anilines is 1. The average molecular weight is 279 g/mol.